The summed E-state index contributed by atoms with van der Waals surface area (Å²) in [6.07, 6.45) is 4.49. The quantitative estimate of drug-likeness (QED) is 0.149. The summed E-state index contributed by atoms with van der Waals surface area (Å²) in [4.78, 5) is 49.0. The Morgan fingerprint density at radius 1 is 0.980 bits per heavy atom. The Labute approximate surface area is 280 Å². The van der Waals surface area contributed by atoms with Gasteiger partial charge in [0.15, 0.2) is 11.5 Å². The van der Waals surface area contributed by atoms with Crippen molar-refractivity contribution in [3.8, 4) is 45.5 Å². The molecule has 12 nitrogen and oxygen atoms in total. The molecule has 3 aromatic carbocycles. The number of fused-ring (bicyclic) bond motifs is 10. The Morgan fingerprint density at radius 3 is 2.59 bits per heavy atom. The molecule has 1 N–H and O–H groups in total. The molecule has 1 aliphatic heterocycles. The van der Waals surface area contributed by atoms with Gasteiger partial charge in [-0.05, 0) is 47.7 Å². The van der Waals surface area contributed by atoms with E-state index in [1.165, 1.54) is 31.2 Å². The van der Waals surface area contributed by atoms with Gasteiger partial charge < -0.3 is 28.4 Å². The van der Waals surface area contributed by atoms with Crippen LogP contribution in [0, 0.1) is 5.92 Å². The highest BCUT2D eigenvalue weighted by atomic mass is 16.5. The molecule has 248 valence electrons. The maximum Gasteiger partial charge on any atom is 0.418 e. The number of nitrogens with one attached hydrogen (secondary N) is 1. The first-order valence-corrected chi connectivity index (χ1v) is 15.7. The van der Waals surface area contributed by atoms with E-state index in [4.69, 9.17) is 23.0 Å². The van der Waals surface area contributed by atoms with E-state index in [2.05, 4.69) is 15.3 Å². The Morgan fingerprint density at radius 2 is 1.80 bits per heavy atom. The molecule has 0 aliphatic carbocycles. The van der Waals surface area contributed by atoms with E-state index < -0.39 is 18.1 Å². The maximum atomic E-state index is 13.8. The molecule has 0 spiro atoms. The van der Waals surface area contributed by atoms with Crippen molar-refractivity contribution >= 4 is 28.9 Å². The molecule has 0 saturated heterocycles. The summed E-state index contributed by atoms with van der Waals surface area (Å²) >= 11 is 0. The minimum absolute atomic E-state index is 0.0518. The van der Waals surface area contributed by atoms with Crippen molar-refractivity contribution in [2.45, 2.75) is 32.7 Å². The minimum Gasteiger partial charge on any atom is -0.496 e. The molecule has 6 bridgehead atoms. The predicted molar refractivity (Wildman–Crippen MR) is 178 cm³/mol. The maximum absolute atomic E-state index is 13.8. The molecule has 1 atom stereocenters. The van der Waals surface area contributed by atoms with Crippen LogP contribution in [0.25, 0.3) is 44.9 Å². The average Bonchev–Trinajstić information content (AvgIpc) is 3.88. The smallest absolute Gasteiger partial charge is 0.418 e. The van der Waals surface area contributed by atoms with Crippen LogP contribution in [0.1, 0.15) is 48.1 Å². The summed E-state index contributed by atoms with van der Waals surface area (Å²) in [5, 5.41) is 3.66. The minimum atomic E-state index is -0.639. The van der Waals surface area contributed by atoms with Crippen LogP contribution in [0.2, 0.25) is 0 Å². The number of aryl methyl sites for hydroxylation is 1. The summed E-state index contributed by atoms with van der Waals surface area (Å²) in [5.74, 6) is 0.536. The molecule has 0 saturated carbocycles. The van der Waals surface area contributed by atoms with E-state index in [9.17, 15) is 14.4 Å². The van der Waals surface area contributed by atoms with E-state index in [0.29, 0.717) is 57.1 Å². The Balaban J connectivity index is 1.44. The fraction of sp³-hybridized carbons (Fsp3) is 0.216. The highest BCUT2D eigenvalue weighted by Gasteiger charge is 2.27. The van der Waals surface area contributed by atoms with Crippen LogP contribution in [-0.2, 0) is 16.0 Å². The molecule has 4 heterocycles. The molecule has 0 fully saturated rings. The Kier molecular flexibility index (Phi) is 8.21. The van der Waals surface area contributed by atoms with E-state index in [-0.39, 0.29) is 35.4 Å². The zero-order chi connectivity index (χ0) is 34.2. The Hall–Kier alpha value is -6.17. The number of hydrogen-bond donors (Lipinski definition) is 1. The van der Waals surface area contributed by atoms with Gasteiger partial charge in [0.05, 0.1) is 25.9 Å². The second-order valence-electron chi connectivity index (χ2n) is 11.9. The second-order valence-corrected chi connectivity index (χ2v) is 11.9. The molecule has 12 heteroatoms. The van der Waals surface area contributed by atoms with Crippen LogP contribution in [0.4, 0.5) is 4.79 Å². The molecule has 3 aromatic heterocycles. The molecule has 6 aromatic rings. The summed E-state index contributed by atoms with van der Waals surface area (Å²) < 4.78 is 30.1. The van der Waals surface area contributed by atoms with Crippen molar-refractivity contribution in [3.63, 3.8) is 0 Å². The predicted octanol–water partition coefficient (Wildman–Crippen LogP) is 7.22. The third-order valence-electron chi connectivity index (χ3n) is 8.47. The number of amides is 1. The fourth-order valence-corrected chi connectivity index (χ4v) is 6.01. The molecule has 0 radical (unpaired) electrons. The molecule has 49 heavy (non-hydrogen) atoms. The number of nitrogens with zero attached hydrogens (tertiary/aromatic N) is 3. The third kappa shape index (κ3) is 5.81. The lowest BCUT2D eigenvalue weighted by molar-refractivity contribution is -0.122. The van der Waals surface area contributed by atoms with Crippen LogP contribution >= 0.6 is 0 Å². The van der Waals surface area contributed by atoms with Gasteiger partial charge in [-0.1, -0.05) is 50.2 Å². The number of methoxy groups -OCH3 is 2. The number of rotatable bonds is 2. The van der Waals surface area contributed by atoms with Gasteiger partial charge in [-0.2, -0.15) is 0 Å². The number of para-hydroxylation sites is 1. The van der Waals surface area contributed by atoms with E-state index in [1.807, 2.05) is 38.1 Å². The molecular formula is C37H32N4O8. The standard InChI is InChI=1S/C37H32N4O8/c1-20(2)33-35-39-26(19-47-35)34-38-17-30(48-34)25-18-41(37(44)46-4)27-10-7-9-23(32(25)27)22-8-5-6-11-29(22)49-36(43)24-16-21(12-14-28(24)45-3)13-15-31(42)40-33/h5-12,14,16-20,33H,13,15H2,1-4H3,(H,40,42)/t33-/m1/s1. The number of carbonyl (C=O) groups is 3. The lowest BCUT2D eigenvalue weighted by atomic mass is 9.97. The number of esters is 1. The van der Waals surface area contributed by atoms with Crippen molar-refractivity contribution in [2.75, 3.05) is 14.2 Å². The van der Waals surface area contributed by atoms with Crippen molar-refractivity contribution in [3.05, 3.63) is 96.3 Å². The van der Waals surface area contributed by atoms with E-state index in [1.54, 1.807) is 42.6 Å². The summed E-state index contributed by atoms with van der Waals surface area (Å²) in [6, 6.07) is 17.2. The Bertz CT molecular complexity index is 2230. The van der Waals surface area contributed by atoms with Crippen molar-refractivity contribution in [2.24, 2.45) is 5.92 Å². The van der Waals surface area contributed by atoms with Gasteiger partial charge >= 0.3 is 12.1 Å². The summed E-state index contributed by atoms with van der Waals surface area (Å²) in [5.41, 5.74) is 3.61. The number of hydrogen-bond acceptors (Lipinski definition) is 10. The lowest BCUT2D eigenvalue weighted by Gasteiger charge is -2.19. The van der Waals surface area contributed by atoms with Crippen LogP contribution in [-0.4, -0.2) is 46.7 Å². The highest BCUT2D eigenvalue weighted by Crippen LogP contribution is 2.42. The monoisotopic (exact) mass is 660 g/mol. The molecule has 1 amide bonds. The lowest BCUT2D eigenvalue weighted by Crippen LogP contribution is -2.32. The average molecular weight is 661 g/mol. The highest BCUT2D eigenvalue weighted by molar-refractivity contribution is 6.09. The van der Waals surface area contributed by atoms with Crippen LogP contribution in [0.3, 0.4) is 0 Å². The number of oxazole rings is 2. The fourth-order valence-electron chi connectivity index (χ4n) is 6.01. The van der Waals surface area contributed by atoms with E-state index in [0.717, 1.165) is 5.56 Å². The SMILES string of the molecule is COC(=O)n1cc2c3c(cccc31)-c1ccccc1OC(=O)c1cc(ccc1OC)CCC(=O)N[C@H](C(C)C)c1nc(co1)-c1ncc-2o1. The summed E-state index contributed by atoms with van der Waals surface area (Å²) in [7, 11) is 2.78. The largest absolute Gasteiger partial charge is 0.496 e. The zero-order valence-electron chi connectivity index (χ0n) is 27.2. The van der Waals surface area contributed by atoms with Gasteiger partial charge in [0, 0.05) is 29.1 Å². The van der Waals surface area contributed by atoms with Crippen molar-refractivity contribution in [1.29, 1.82) is 0 Å². The zero-order valence-corrected chi connectivity index (χ0v) is 27.2. The summed E-state index contributed by atoms with van der Waals surface area (Å²) in [6.45, 7) is 3.90. The number of carbonyl (C=O) groups excluding carboxylic acids is 3. The molecule has 7 rings (SSSR count). The normalized spacial score (nSPS) is 14.8. The van der Waals surface area contributed by atoms with Gasteiger partial charge in [-0.15, -0.1) is 0 Å². The van der Waals surface area contributed by atoms with Crippen LogP contribution < -0.4 is 14.8 Å². The topological polar surface area (TPSA) is 148 Å². The molecule has 1 aliphatic rings. The molecule has 0 unspecified atom stereocenters. The van der Waals surface area contributed by atoms with Crippen LogP contribution in [0.15, 0.2) is 88.2 Å². The van der Waals surface area contributed by atoms with Crippen molar-refractivity contribution in [1.82, 2.24) is 19.9 Å². The first-order valence-electron chi connectivity index (χ1n) is 15.7. The number of ether oxygens (including phenoxy) is 3. The van der Waals surface area contributed by atoms with Gasteiger partial charge in [-0.25, -0.2) is 19.6 Å². The number of benzene rings is 3. The number of aromatic nitrogens is 3. The third-order valence-corrected chi connectivity index (χ3v) is 8.47. The van der Waals surface area contributed by atoms with Crippen LogP contribution in [0.5, 0.6) is 11.5 Å². The van der Waals surface area contributed by atoms with Gasteiger partial charge in [-0.3, -0.25) is 9.36 Å². The van der Waals surface area contributed by atoms with Gasteiger partial charge in [0.2, 0.25) is 17.7 Å². The first kappa shape index (κ1) is 31.4. The van der Waals surface area contributed by atoms with E-state index >= 15 is 0 Å². The molecular weight excluding hydrogens is 628 g/mol. The first-order chi connectivity index (χ1) is 23.7. The van der Waals surface area contributed by atoms with Crippen molar-refractivity contribution < 1.29 is 37.4 Å². The van der Waals surface area contributed by atoms with Gasteiger partial charge in [0.1, 0.15) is 29.4 Å². The van der Waals surface area contributed by atoms with Gasteiger partial charge in [0.25, 0.3) is 0 Å². The second kappa shape index (κ2) is 12.8.